The molecule has 2 aromatic rings. The van der Waals surface area contributed by atoms with Crippen LogP contribution in [0.1, 0.15) is 30.1 Å². The number of rotatable bonds is 5. The Morgan fingerprint density at radius 1 is 1.41 bits per heavy atom. The summed E-state index contributed by atoms with van der Waals surface area (Å²) in [5, 5.41) is 3.18. The van der Waals surface area contributed by atoms with E-state index < -0.39 is 0 Å². The first-order valence-corrected chi connectivity index (χ1v) is 6.62. The minimum atomic E-state index is 0.140. The highest BCUT2D eigenvalue weighted by Gasteiger charge is 2.12. The van der Waals surface area contributed by atoms with Crippen LogP contribution in [0.5, 0.6) is 0 Å². The van der Waals surface area contributed by atoms with Gasteiger partial charge in [-0.2, -0.15) is 0 Å². The molecule has 1 aromatic heterocycles. The number of hydrogen-bond acceptors (Lipinski definition) is 3. The molecular formula is C14H16O2S. The number of hydrogen-bond donors (Lipinski definition) is 0. The second kappa shape index (κ2) is 5.43. The monoisotopic (exact) mass is 248 g/mol. The predicted molar refractivity (Wildman–Crippen MR) is 71.9 cm³/mol. The number of Topliss-reactive ketones (excluding diaryl/α,β-unsaturated/α-hetero) is 1. The number of fused-ring (bicyclic) bond motifs is 1. The SMILES string of the molecule is COC(C)CCC(=O)c1cccc2ccsc12. The van der Waals surface area contributed by atoms with Gasteiger partial charge >= 0.3 is 0 Å². The Bertz CT molecular complexity index is 516. The van der Waals surface area contributed by atoms with Crippen LogP contribution < -0.4 is 0 Å². The molecule has 0 saturated carbocycles. The molecule has 1 atom stereocenters. The van der Waals surface area contributed by atoms with Gasteiger partial charge in [-0.3, -0.25) is 4.79 Å². The topological polar surface area (TPSA) is 26.3 Å². The van der Waals surface area contributed by atoms with Crippen molar-refractivity contribution in [1.29, 1.82) is 0 Å². The number of ketones is 1. The molecule has 0 fully saturated rings. The molecule has 1 aromatic carbocycles. The van der Waals surface area contributed by atoms with Gasteiger partial charge in [0.25, 0.3) is 0 Å². The summed E-state index contributed by atoms with van der Waals surface area (Å²) in [5.41, 5.74) is 0.848. The van der Waals surface area contributed by atoms with E-state index in [2.05, 4.69) is 6.07 Å². The van der Waals surface area contributed by atoms with Gasteiger partial charge in [-0.1, -0.05) is 12.1 Å². The molecule has 2 rings (SSSR count). The molecule has 0 N–H and O–H groups in total. The molecule has 2 nitrogen and oxygen atoms in total. The van der Waals surface area contributed by atoms with Crippen molar-refractivity contribution < 1.29 is 9.53 Å². The molecule has 0 amide bonds. The molecule has 0 saturated heterocycles. The third kappa shape index (κ3) is 2.73. The van der Waals surface area contributed by atoms with Gasteiger partial charge in [0, 0.05) is 23.8 Å². The third-order valence-corrected chi connectivity index (χ3v) is 3.92. The molecule has 17 heavy (non-hydrogen) atoms. The van der Waals surface area contributed by atoms with E-state index in [1.807, 2.05) is 30.5 Å². The summed E-state index contributed by atoms with van der Waals surface area (Å²) in [6.45, 7) is 1.99. The number of ether oxygens (including phenoxy) is 1. The summed E-state index contributed by atoms with van der Waals surface area (Å²) in [6.07, 6.45) is 1.46. The van der Waals surface area contributed by atoms with Crippen LogP contribution in [0.3, 0.4) is 0 Å². The normalized spacial score (nSPS) is 12.8. The lowest BCUT2D eigenvalue weighted by atomic mass is 10.0. The first kappa shape index (κ1) is 12.3. The number of benzene rings is 1. The van der Waals surface area contributed by atoms with Gasteiger partial charge in [0.15, 0.2) is 5.78 Å². The Morgan fingerprint density at radius 2 is 2.24 bits per heavy atom. The number of carbonyl (C=O) groups excluding carboxylic acids is 1. The van der Waals surface area contributed by atoms with Gasteiger partial charge in [0.1, 0.15) is 0 Å². The third-order valence-electron chi connectivity index (χ3n) is 2.96. The highest BCUT2D eigenvalue weighted by Crippen LogP contribution is 2.26. The highest BCUT2D eigenvalue weighted by atomic mass is 32.1. The molecule has 0 aliphatic heterocycles. The fraction of sp³-hybridized carbons (Fsp3) is 0.357. The largest absolute Gasteiger partial charge is 0.382 e. The first-order chi connectivity index (χ1) is 8.22. The molecule has 1 unspecified atom stereocenters. The average molecular weight is 248 g/mol. The predicted octanol–water partition coefficient (Wildman–Crippen LogP) is 3.90. The van der Waals surface area contributed by atoms with E-state index in [1.54, 1.807) is 18.4 Å². The smallest absolute Gasteiger partial charge is 0.164 e. The quantitative estimate of drug-likeness (QED) is 0.750. The lowest BCUT2D eigenvalue weighted by Crippen LogP contribution is -2.08. The van der Waals surface area contributed by atoms with Crippen LogP contribution in [0.25, 0.3) is 10.1 Å². The van der Waals surface area contributed by atoms with E-state index in [0.29, 0.717) is 6.42 Å². The van der Waals surface area contributed by atoms with Crippen LogP contribution in [0, 0.1) is 0 Å². The number of methoxy groups -OCH3 is 1. The van der Waals surface area contributed by atoms with Crippen LogP contribution in [0.2, 0.25) is 0 Å². The van der Waals surface area contributed by atoms with E-state index in [1.165, 1.54) is 0 Å². The van der Waals surface area contributed by atoms with Crippen LogP contribution in [-0.2, 0) is 4.74 Å². The molecule has 0 aliphatic rings. The highest BCUT2D eigenvalue weighted by molar-refractivity contribution is 7.17. The molecule has 0 bridgehead atoms. The molecule has 90 valence electrons. The van der Waals surface area contributed by atoms with Crippen LogP contribution in [0.4, 0.5) is 0 Å². The summed E-state index contributed by atoms with van der Waals surface area (Å²) in [4.78, 5) is 12.1. The van der Waals surface area contributed by atoms with Crippen molar-refractivity contribution in [3.05, 3.63) is 35.2 Å². The summed E-state index contributed by atoms with van der Waals surface area (Å²) >= 11 is 1.63. The van der Waals surface area contributed by atoms with Crippen molar-refractivity contribution in [1.82, 2.24) is 0 Å². The van der Waals surface area contributed by atoms with Gasteiger partial charge in [0.2, 0.25) is 0 Å². The van der Waals surface area contributed by atoms with Gasteiger partial charge in [-0.15, -0.1) is 11.3 Å². The van der Waals surface area contributed by atoms with Crippen LogP contribution in [-0.4, -0.2) is 19.0 Å². The number of carbonyl (C=O) groups is 1. The average Bonchev–Trinajstić information content (AvgIpc) is 2.83. The van der Waals surface area contributed by atoms with Gasteiger partial charge in [-0.05, 0) is 36.2 Å². The van der Waals surface area contributed by atoms with Crippen LogP contribution >= 0.6 is 11.3 Å². The van der Waals surface area contributed by atoms with Crippen molar-refractivity contribution in [3.8, 4) is 0 Å². The summed E-state index contributed by atoms with van der Waals surface area (Å²) in [6, 6.07) is 7.95. The van der Waals surface area contributed by atoms with Crippen molar-refractivity contribution in [3.63, 3.8) is 0 Å². The Labute approximate surface area is 105 Å². The van der Waals surface area contributed by atoms with Crippen molar-refractivity contribution in [2.24, 2.45) is 0 Å². The minimum Gasteiger partial charge on any atom is -0.382 e. The molecule has 0 spiro atoms. The molecule has 3 heteroatoms. The molecular weight excluding hydrogens is 232 g/mol. The van der Waals surface area contributed by atoms with Crippen LogP contribution in [0.15, 0.2) is 29.6 Å². The van der Waals surface area contributed by atoms with E-state index in [4.69, 9.17) is 4.74 Å². The maximum Gasteiger partial charge on any atom is 0.164 e. The summed E-state index contributed by atoms with van der Waals surface area (Å²) in [5.74, 6) is 0.210. The lowest BCUT2D eigenvalue weighted by molar-refractivity contribution is 0.0879. The fourth-order valence-corrected chi connectivity index (χ4v) is 2.73. The Morgan fingerprint density at radius 3 is 3.00 bits per heavy atom. The van der Waals surface area contributed by atoms with Gasteiger partial charge in [0.05, 0.1) is 6.10 Å². The molecule has 0 aliphatic carbocycles. The van der Waals surface area contributed by atoms with Gasteiger partial charge < -0.3 is 4.74 Å². The lowest BCUT2D eigenvalue weighted by Gasteiger charge is -2.08. The van der Waals surface area contributed by atoms with Gasteiger partial charge in [-0.25, -0.2) is 0 Å². The zero-order valence-corrected chi connectivity index (χ0v) is 10.9. The van der Waals surface area contributed by atoms with E-state index in [9.17, 15) is 4.79 Å². The zero-order valence-electron chi connectivity index (χ0n) is 10.1. The number of thiophene rings is 1. The second-order valence-electron chi connectivity index (χ2n) is 4.15. The Kier molecular flexibility index (Phi) is 3.92. The fourth-order valence-electron chi connectivity index (χ4n) is 1.80. The summed E-state index contributed by atoms with van der Waals surface area (Å²) in [7, 11) is 1.68. The molecule has 1 heterocycles. The molecule has 0 radical (unpaired) electrons. The van der Waals surface area contributed by atoms with E-state index in [-0.39, 0.29) is 11.9 Å². The maximum atomic E-state index is 12.1. The first-order valence-electron chi connectivity index (χ1n) is 5.74. The van der Waals surface area contributed by atoms with E-state index >= 15 is 0 Å². The second-order valence-corrected chi connectivity index (χ2v) is 5.07. The van der Waals surface area contributed by atoms with Crippen molar-refractivity contribution in [2.45, 2.75) is 25.9 Å². The summed E-state index contributed by atoms with van der Waals surface area (Å²) < 4.78 is 6.26. The minimum absolute atomic E-state index is 0.140. The Balaban J connectivity index is 2.16. The standard InChI is InChI=1S/C14H16O2S/c1-10(16-2)6-7-13(15)12-5-3-4-11-8-9-17-14(11)12/h3-5,8-10H,6-7H2,1-2H3. The maximum absolute atomic E-state index is 12.1. The van der Waals surface area contributed by atoms with Crippen molar-refractivity contribution >= 4 is 27.2 Å². The van der Waals surface area contributed by atoms with E-state index in [0.717, 1.165) is 22.1 Å². The Hall–Kier alpha value is -1.19. The zero-order chi connectivity index (χ0) is 12.3. The van der Waals surface area contributed by atoms with Crippen molar-refractivity contribution in [2.75, 3.05) is 7.11 Å².